The van der Waals surface area contributed by atoms with E-state index >= 15 is 0 Å². The standard InChI is InChI=1S/C18H21NO3S/c1-3-10-19(11-4-2)16(20)13-22-18(21)17-15-8-6-5-7-14(15)9-12-23-17/h3-8,17H,1-2,9-13H2. The van der Waals surface area contributed by atoms with E-state index in [2.05, 4.69) is 13.2 Å². The molecule has 122 valence electrons. The Hall–Kier alpha value is -2.01. The van der Waals surface area contributed by atoms with Crippen LogP contribution in [0.15, 0.2) is 49.6 Å². The molecule has 0 N–H and O–H groups in total. The molecule has 2 rings (SSSR count). The number of thioether (sulfide) groups is 1. The molecule has 1 amide bonds. The molecular formula is C18H21NO3S. The summed E-state index contributed by atoms with van der Waals surface area (Å²) in [7, 11) is 0. The van der Waals surface area contributed by atoms with Crippen molar-refractivity contribution in [1.29, 1.82) is 0 Å². The van der Waals surface area contributed by atoms with Gasteiger partial charge in [0.1, 0.15) is 5.25 Å². The van der Waals surface area contributed by atoms with E-state index in [-0.39, 0.29) is 23.7 Å². The summed E-state index contributed by atoms with van der Waals surface area (Å²) in [4.78, 5) is 26.0. The van der Waals surface area contributed by atoms with Gasteiger partial charge in [-0.05, 0) is 23.3 Å². The number of nitrogens with zero attached hydrogens (tertiary/aromatic N) is 1. The van der Waals surface area contributed by atoms with Crippen molar-refractivity contribution in [3.05, 3.63) is 60.7 Å². The summed E-state index contributed by atoms with van der Waals surface area (Å²) < 4.78 is 5.25. The third-order valence-electron chi connectivity index (χ3n) is 3.60. The van der Waals surface area contributed by atoms with E-state index < -0.39 is 0 Å². The van der Waals surface area contributed by atoms with Gasteiger partial charge in [0.15, 0.2) is 6.61 Å². The summed E-state index contributed by atoms with van der Waals surface area (Å²) in [6, 6.07) is 7.89. The van der Waals surface area contributed by atoms with Crippen LogP contribution in [0, 0.1) is 0 Å². The second-order valence-electron chi connectivity index (χ2n) is 5.18. The molecule has 4 nitrogen and oxygen atoms in total. The molecule has 1 atom stereocenters. The minimum absolute atomic E-state index is 0.243. The SMILES string of the molecule is C=CCN(CC=C)C(=O)COC(=O)C1SCCc2ccccc21. The lowest BCUT2D eigenvalue weighted by Crippen LogP contribution is -2.35. The quantitative estimate of drug-likeness (QED) is 0.569. The molecule has 0 bridgehead atoms. The number of amides is 1. The van der Waals surface area contributed by atoms with Gasteiger partial charge in [-0.3, -0.25) is 9.59 Å². The molecule has 0 aromatic heterocycles. The summed E-state index contributed by atoms with van der Waals surface area (Å²) >= 11 is 1.56. The van der Waals surface area contributed by atoms with Crippen LogP contribution in [0.3, 0.4) is 0 Å². The van der Waals surface area contributed by atoms with E-state index in [0.717, 1.165) is 17.7 Å². The number of ether oxygens (including phenoxy) is 1. The molecule has 0 saturated heterocycles. The highest BCUT2D eigenvalue weighted by Crippen LogP contribution is 2.37. The monoisotopic (exact) mass is 331 g/mol. The largest absolute Gasteiger partial charge is 0.454 e. The second kappa shape index (κ2) is 8.58. The maximum atomic E-state index is 12.3. The van der Waals surface area contributed by atoms with Crippen molar-refractivity contribution in [2.45, 2.75) is 11.7 Å². The molecule has 0 spiro atoms. The normalized spacial score (nSPS) is 16.1. The van der Waals surface area contributed by atoms with Crippen LogP contribution in [0.4, 0.5) is 0 Å². The van der Waals surface area contributed by atoms with Gasteiger partial charge in [0.2, 0.25) is 0 Å². The third kappa shape index (κ3) is 4.48. The molecule has 1 heterocycles. The highest BCUT2D eigenvalue weighted by atomic mass is 32.2. The molecule has 0 aliphatic carbocycles. The van der Waals surface area contributed by atoms with Crippen LogP contribution in [0.5, 0.6) is 0 Å². The van der Waals surface area contributed by atoms with Crippen molar-refractivity contribution in [3.8, 4) is 0 Å². The Balaban J connectivity index is 1.96. The number of rotatable bonds is 7. The molecular weight excluding hydrogens is 310 g/mol. The third-order valence-corrected chi connectivity index (χ3v) is 4.82. The fourth-order valence-corrected chi connectivity index (χ4v) is 3.67. The van der Waals surface area contributed by atoms with Crippen molar-refractivity contribution < 1.29 is 14.3 Å². The minimum atomic E-state index is -0.354. The molecule has 0 saturated carbocycles. The van der Waals surface area contributed by atoms with Gasteiger partial charge in [-0.1, -0.05) is 36.4 Å². The highest BCUT2D eigenvalue weighted by Gasteiger charge is 2.28. The first-order valence-electron chi connectivity index (χ1n) is 7.53. The van der Waals surface area contributed by atoms with E-state index in [1.807, 2.05) is 24.3 Å². The van der Waals surface area contributed by atoms with Crippen molar-refractivity contribution in [2.75, 3.05) is 25.4 Å². The summed E-state index contributed by atoms with van der Waals surface area (Å²) in [6.07, 6.45) is 4.23. The highest BCUT2D eigenvalue weighted by molar-refractivity contribution is 8.00. The second-order valence-corrected chi connectivity index (χ2v) is 6.40. The van der Waals surface area contributed by atoms with Crippen LogP contribution in [-0.4, -0.2) is 42.2 Å². The molecule has 1 aromatic rings. The van der Waals surface area contributed by atoms with Crippen LogP contribution in [-0.2, 0) is 20.7 Å². The topological polar surface area (TPSA) is 46.6 Å². The lowest BCUT2D eigenvalue weighted by molar-refractivity contribution is -0.151. The average molecular weight is 331 g/mol. The molecule has 5 heteroatoms. The van der Waals surface area contributed by atoms with Crippen LogP contribution in [0.25, 0.3) is 0 Å². The molecule has 1 aromatic carbocycles. The number of hydrogen-bond acceptors (Lipinski definition) is 4. The number of fused-ring (bicyclic) bond motifs is 1. The summed E-state index contributed by atoms with van der Waals surface area (Å²) in [5.74, 6) is 0.281. The maximum Gasteiger partial charge on any atom is 0.324 e. The van der Waals surface area contributed by atoms with Gasteiger partial charge in [-0.2, -0.15) is 0 Å². The Morgan fingerprint density at radius 2 is 1.96 bits per heavy atom. The Bertz CT molecular complexity index is 590. The smallest absolute Gasteiger partial charge is 0.324 e. The maximum absolute atomic E-state index is 12.3. The van der Waals surface area contributed by atoms with Crippen molar-refractivity contribution in [1.82, 2.24) is 4.90 Å². The zero-order chi connectivity index (χ0) is 16.7. The average Bonchev–Trinajstić information content (AvgIpc) is 2.58. The molecule has 1 unspecified atom stereocenters. The van der Waals surface area contributed by atoms with Crippen LogP contribution in [0.2, 0.25) is 0 Å². The van der Waals surface area contributed by atoms with Crippen LogP contribution < -0.4 is 0 Å². The number of carbonyl (C=O) groups is 2. The Labute approximate surface area is 141 Å². The predicted molar refractivity (Wildman–Crippen MR) is 93.3 cm³/mol. The minimum Gasteiger partial charge on any atom is -0.454 e. The van der Waals surface area contributed by atoms with Crippen molar-refractivity contribution in [2.24, 2.45) is 0 Å². The van der Waals surface area contributed by atoms with Gasteiger partial charge in [0.05, 0.1) is 0 Å². The summed E-state index contributed by atoms with van der Waals surface area (Å²) in [5.41, 5.74) is 2.18. The first kappa shape index (κ1) is 17.3. The summed E-state index contributed by atoms with van der Waals surface area (Å²) in [5, 5.41) is -0.347. The van der Waals surface area contributed by atoms with Crippen molar-refractivity contribution >= 4 is 23.6 Å². The lowest BCUT2D eigenvalue weighted by Gasteiger charge is -2.24. The molecule has 23 heavy (non-hydrogen) atoms. The van der Waals surface area contributed by atoms with Gasteiger partial charge >= 0.3 is 5.97 Å². The van der Waals surface area contributed by atoms with Crippen LogP contribution >= 0.6 is 11.8 Å². The lowest BCUT2D eigenvalue weighted by atomic mass is 10.0. The first-order chi connectivity index (χ1) is 11.2. The Morgan fingerprint density at radius 3 is 2.65 bits per heavy atom. The fourth-order valence-electron chi connectivity index (χ4n) is 2.48. The van der Waals surface area contributed by atoms with Gasteiger partial charge in [-0.25, -0.2) is 0 Å². The number of esters is 1. The van der Waals surface area contributed by atoms with E-state index in [1.54, 1.807) is 23.9 Å². The first-order valence-corrected chi connectivity index (χ1v) is 8.58. The number of carbonyl (C=O) groups excluding carboxylic acids is 2. The van der Waals surface area contributed by atoms with Gasteiger partial charge in [0, 0.05) is 13.1 Å². The zero-order valence-corrected chi connectivity index (χ0v) is 13.9. The molecule has 0 fully saturated rings. The fraction of sp³-hybridized carbons (Fsp3) is 0.333. The van der Waals surface area contributed by atoms with E-state index in [4.69, 9.17) is 4.74 Å². The summed E-state index contributed by atoms with van der Waals surface area (Å²) in [6.45, 7) is 7.80. The molecule has 1 aliphatic rings. The predicted octanol–water partition coefficient (Wildman–Crippen LogP) is 2.76. The van der Waals surface area contributed by atoms with Crippen LogP contribution in [0.1, 0.15) is 16.4 Å². The van der Waals surface area contributed by atoms with Gasteiger partial charge in [-0.15, -0.1) is 24.9 Å². The van der Waals surface area contributed by atoms with E-state index in [0.29, 0.717) is 13.1 Å². The molecule has 1 aliphatic heterocycles. The molecule has 0 radical (unpaired) electrons. The zero-order valence-electron chi connectivity index (χ0n) is 13.1. The Kier molecular flexibility index (Phi) is 6.47. The Morgan fingerprint density at radius 1 is 1.26 bits per heavy atom. The van der Waals surface area contributed by atoms with Gasteiger partial charge < -0.3 is 9.64 Å². The number of benzene rings is 1. The number of hydrogen-bond donors (Lipinski definition) is 0. The number of aryl methyl sites for hydroxylation is 1. The van der Waals surface area contributed by atoms with E-state index in [1.165, 1.54) is 10.5 Å². The van der Waals surface area contributed by atoms with E-state index in [9.17, 15) is 9.59 Å². The van der Waals surface area contributed by atoms with Crippen molar-refractivity contribution in [3.63, 3.8) is 0 Å². The van der Waals surface area contributed by atoms with Gasteiger partial charge in [0.25, 0.3) is 5.91 Å².